The Hall–Kier alpha value is -3.44. The Morgan fingerprint density at radius 3 is 2.51 bits per heavy atom. The van der Waals surface area contributed by atoms with Crippen LogP contribution in [-0.4, -0.2) is 23.2 Å². The summed E-state index contributed by atoms with van der Waals surface area (Å²) in [6, 6.07) is 18.5. The molecule has 5 rings (SSSR count). The number of carbonyl (C=O) groups is 1. The number of thiazole rings is 1. The summed E-state index contributed by atoms with van der Waals surface area (Å²) in [7, 11) is 0. The van der Waals surface area contributed by atoms with Crippen LogP contribution in [0.3, 0.4) is 0 Å². The van der Waals surface area contributed by atoms with Crippen molar-refractivity contribution in [1.82, 2.24) is 4.57 Å². The summed E-state index contributed by atoms with van der Waals surface area (Å²) in [5.74, 6) is 1.49. The Balaban J connectivity index is 1.61. The summed E-state index contributed by atoms with van der Waals surface area (Å²) in [4.78, 5) is 32.2. The van der Waals surface area contributed by atoms with Crippen LogP contribution in [0.2, 0.25) is 0 Å². The fraction of sp³-hybridized carbons (Fsp3) is 0.233. The summed E-state index contributed by atoms with van der Waals surface area (Å²) in [6.07, 6.45) is 1.41. The van der Waals surface area contributed by atoms with Crippen LogP contribution in [-0.2, 0) is 9.53 Å². The highest BCUT2D eigenvalue weighted by Crippen LogP contribution is 2.32. The number of esters is 1. The molecule has 0 spiro atoms. The number of hydrogen-bond donors (Lipinski definition) is 0. The molecule has 9 heteroatoms. The molecule has 0 N–H and O–H groups in total. The first-order valence-electron chi connectivity index (χ1n) is 12.6. The maximum absolute atomic E-state index is 13.8. The van der Waals surface area contributed by atoms with E-state index in [9.17, 15) is 9.59 Å². The molecule has 0 amide bonds. The minimum atomic E-state index is -0.690. The first-order chi connectivity index (χ1) is 18.7. The fourth-order valence-electron chi connectivity index (χ4n) is 4.42. The first kappa shape index (κ1) is 27.1. The zero-order valence-electron chi connectivity index (χ0n) is 21.9. The number of benzene rings is 2. The number of halogens is 1. The van der Waals surface area contributed by atoms with Crippen LogP contribution in [0.25, 0.3) is 17.4 Å². The molecule has 200 valence electrons. The smallest absolute Gasteiger partial charge is 0.338 e. The standard InChI is InChI=1S/C30H27IN2O5S/c1-5-36-22-12-8-20(9-13-22)27-26(29(35)37-17(2)3)18(4)32-30-33(27)28(34)25(39-30)16-23-14-15-24(38-23)19-6-10-21(31)11-7-19/h6-17,27H,5H2,1-4H3/b25-16+/t27-/m1/s1. The van der Waals surface area contributed by atoms with Gasteiger partial charge in [0.1, 0.15) is 17.3 Å². The number of ether oxygens (including phenoxy) is 2. The molecule has 0 saturated heterocycles. The minimum Gasteiger partial charge on any atom is -0.494 e. The van der Waals surface area contributed by atoms with Crippen molar-refractivity contribution in [3.63, 3.8) is 0 Å². The molecule has 0 aliphatic carbocycles. The Morgan fingerprint density at radius 1 is 1.13 bits per heavy atom. The van der Waals surface area contributed by atoms with E-state index in [4.69, 9.17) is 13.9 Å². The van der Waals surface area contributed by atoms with Gasteiger partial charge in [-0.3, -0.25) is 9.36 Å². The quantitative estimate of drug-likeness (QED) is 0.196. The Labute approximate surface area is 243 Å². The van der Waals surface area contributed by atoms with Gasteiger partial charge >= 0.3 is 5.97 Å². The second kappa shape index (κ2) is 11.4. The number of nitrogens with zero attached hydrogens (tertiary/aromatic N) is 2. The van der Waals surface area contributed by atoms with Crippen molar-refractivity contribution in [1.29, 1.82) is 0 Å². The predicted molar refractivity (Wildman–Crippen MR) is 159 cm³/mol. The predicted octanol–water partition coefficient (Wildman–Crippen LogP) is 5.45. The zero-order valence-corrected chi connectivity index (χ0v) is 24.9. The highest BCUT2D eigenvalue weighted by Gasteiger charge is 2.33. The second-order valence-corrected chi connectivity index (χ2v) is 11.5. The van der Waals surface area contributed by atoms with E-state index in [1.165, 1.54) is 11.3 Å². The maximum atomic E-state index is 13.8. The molecule has 0 unspecified atom stereocenters. The van der Waals surface area contributed by atoms with E-state index in [0.717, 1.165) is 14.7 Å². The van der Waals surface area contributed by atoms with Gasteiger partial charge in [-0.05, 0) is 92.2 Å². The van der Waals surface area contributed by atoms with Gasteiger partial charge in [-0.1, -0.05) is 35.6 Å². The van der Waals surface area contributed by atoms with Gasteiger partial charge in [-0.25, -0.2) is 9.79 Å². The van der Waals surface area contributed by atoms with Gasteiger partial charge in [0.15, 0.2) is 4.80 Å². The normalized spacial score (nSPS) is 15.3. The van der Waals surface area contributed by atoms with Gasteiger partial charge in [0.2, 0.25) is 0 Å². The van der Waals surface area contributed by atoms with E-state index in [1.807, 2.05) is 67.6 Å². The number of carbonyl (C=O) groups excluding carboxylic acids is 1. The lowest BCUT2D eigenvalue weighted by Crippen LogP contribution is -2.40. The minimum absolute atomic E-state index is 0.257. The number of furan rings is 1. The van der Waals surface area contributed by atoms with Crippen molar-refractivity contribution in [3.05, 3.63) is 107 Å². The summed E-state index contributed by atoms with van der Waals surface area (Å²) in [6.45, 7) is 7.82. The molecule has 0 saturated carbocycles. The van der Waals surface area contributed by atoms with Crippen LogP contribution in [0.4, 0.5) is 0 Å². The lowest BCUT2D eigenvalue weighted by Gasteiger charge is -2.25. The molecule has 1 aliphatic rings. The second-order valence-electron chi connectivity index (χ2n) is 9.25. The molecule has 3 heterocycles. The maximum Gasteiger partial charge on any atom is 0.338 e. The third kappa shape index (κ3) is 5.65. The Bertz CT molecular complexity index is 1730. The van der Waals surface area contributed by atoms with Crippen LogP contribution in [0.5, 0.6) is 5.75 Å². The Kier molecular flexibility index (Phi) is 7.90. The van der Waals surface area contributed by atoms with Gasteiger partial charge in [0.05, 0.1) is 34.6 Å². The van der Waals surface area contributed by atoms with Gasteiger partial charge in [-0.15, -0.1) is 0 Å². The van der Waals surface area contributed by atoms with Crippen molar-refractivity contribution < 1.29 is 18.7 Å². The number of allylic oxidation sites excluding steroid dienone is 1. The summed E-state index contributed by atoms with van der Waals surface area (Å²) >= 11 is 3.52. The molecular formula is C30H27IN2O5S. The highest BCUT2D eigenvalue weighted by molar-refractivity contribution is 14.1. The molecule has 2 aromatic carbocycles. The van der Waals surface area contributed by atoms with E-state index >= 15 is 0 Å². The Morgan fingerprint density at radius 2 is 1.85 bits per heavy atom. The van der Waals surface area contributed by atoms with E-state index in [-0.39, 0.29) is 11.7 Å². The van der Waals surface area contributed by atoms with E-state index in [2.05, 4.69) is 27.6 Å². The van der Waals surface area contributed by atoms with Crippen molar-refractivity contribution in [2.75, 3.05) is 6.61 Å². The van der Waals surface area contributed by atoms with E-state index < -0.39 is 12.0 Å². The number of rotatable bonds is 7. The monoisotopic (exact) mass is 654 g/mol. The van der Waals surface area contributed by atoms with Gasteiger partial charge in [-0.2, -0.15) is 0 Å². The molecular weight excluding hydrogens is 627 g/mol. The molecule has 7 nitrogen and oxygen atoms in total. The SMILES string of the molecule is CCOc1ccc([C@@H]2C(C(=O)OC(C)C)=C(C)N=c3s/c(=C/c4ccc(-c5ccc(I)cc5)o4)c(=O)n32)cc1. The summed E-state index contributed by atoms with van der Waals surface area (Å²) in [5, 5.41) is 0. The van der Waals surface area contributed by atoms with E-state index in [1.54, 1.807) is 31.4 Å². The fourth-order valence-corrected chi connectivity index (χ4v) is 5.80. The highest BCUT2D eigenvalue weighted by atomic mass is 127. The van der Waals surface area contributed by atoms with Crippen LogP contribution in [0.15, 0.2) is 86.1 Å². The summed E-state index contributed by atoms with van der Waals surface area (Å²) in [5.41, 5.74) is 2.32. The van der Waals surface area contributed by atoms with Gasteiger partial charge in [0.25, 0.3) is 5.56 Å². The van der Waals surface area contributed by atoms with Crippen molar-refractivity contribution in [2.45, 2.75) is 39.8 Å². The molecule has 4 aromatic rings. The zero-order chi connectivity index (χ0) is 27.7. The molecule has 0 radical (unpaired) electrons. The molecule has 1 atom stereocenters. The third-order valence-corrected chi connectivity index (χ3v) is 7.82. The summed E-state index contributed by atoms with van der Waals surface area (Å²) < 4.78 is 20.4. The molecule has 0 bridgehead atoms. The molecule has 39 heavy (non-hydrogen) atoms. The number of hydrogen-bond acceptors (Lipinski definition) is 7. The third-order valence-electron chi connectivity index (χ3n) is 6.12. The van der Waals surface area contributed by atoms with Crippen LogP contribution in [0, 0.1) is 3.57 Å². The number of fused-ring (bicyclic) bond motifs is 1. The molecule has 2 aromatic heterocycles. The largest absolute Gasteiger partial charge is 0.494 e. The lowest BCUT2D eigenvalue weighted by molar-refractivity contribution is -0.143. The van der Waals surface area contributed by atoms with Crippen molar-refractivity contribution >= 4 is 46.0 Å². The van der Waals surface area contributed by atoms with Crippen molar-refractivity contribution in [3.8, 4) is 17.1 Å². The van der Waals surface area contributed by atoms with Crippen LogP contribution < -0.4 is 19.6 Å². The molecule has 0 fully saturated rings. The molecule has 1 aliphatic heterocycles. The average molecular weight is 655 g/mol. The number of aromatic nitrogens is 1. The lowest BCUT2D eigenvalue weighted by atomic mass is 9.96. The first-order valence-corrected chi connectivity index (χ1v) is 14.5. The topological polar surface area (TPSA) is 83.0 Å². The van der Waals surface area contributed by atoms with Crippen LogP contribution in [0.1, 0.15) is 45.1 Å². The van der Waals surface area contributed by atoms with Crippen molar-refractivity contribution in [2.24, 2.45) is 4.99 Å². The van der Waals surface area contributed by atoms with Gasteiger partial charge < -0.3 is 13.9 Å². The van der Waals surface area contributed by atoms with Crippen LogP contribution >= 0.6 is 33.9 Å². The van der Waals surface area contributed by atoms with E-state index in [0.29, 0.717) is 44.5 Å². The van der Waals surface area contributed by atoms with Gasteiger partial charge in [0, 0.05) is 15.2 Å². The average Bonchev–Trinajstić information content (AvgIpc) is 3.48.